The maximum atomic E-state index is 14.4. The van der Waals surface area contributed by atoms with Crippen LogP contribution in [0.25, 0.3) is 0 Å². The molecule has 13 rings (SSSR count). The van der Waals surface area contributed by atoms with Gasteiger partial charge in [-0.3, -0.25) is 0 Å². The second kappa shape index (κ2) is 51.8. The molecule has 11 atom stereocenters. The Morgan fingerprint density at radius 2 is 0.850 bits per heavy atom. The van der Waals surface area contributed by atoms with Gasteiger partial charge in [0.15, 0.2) is 12.6 Å². The van der Waals surface area contributed by atoms with Gasteiger partial charge < -0.3 is 67.3 Å². The van der Waals surface area contributed by atoms with E-state index in [2.05, 4.69) is 90.7 Å². The molecule has 0 spiro atoms. The van der Waals surface area contributed by atoms with Crippen LogP contribution in [-0.2, 0) is 101 Å². The minimum Gasteiger partial charge on any atom is -0.411 e. The maximum Gasteiger partial charge on any atom is 0.156 e. The molecule has 0 bridgehead atoms. The van der Waals surface area contributed by atoms with Crippen molar-refractivity contribution < 1.29 is 76.0 Å². The summed E-state index contributed by atoms with van der Waals surface area (Å²) >= 11 is 0. The van der Waals surface area contributed by atoms with Gasteiger partial charge >= 0.3 is 0 Å². The Balaban J connectivity index is 0.000000172. The molecule has 3 heterocycles. The van der Waals surface area contributed by atoms with Crippen molar-refractivity contribution in [3.63, 3.8) is 0 Å². The van der Waals surface area contributed by atoms with E-state index < -0.39 is 0 Å². The number of oxime groups is 2. The highest BCUT2D eigenvalue weighted by molar-refractivity contribution is 5.88. The first-order valence-electron chi connectivity index (χ1n) is 40.3. The van der Waals surface area contributed by atoms with Gasteiger partial charge in [-0.25, -0.2) is 8.78 Å². The molecule has 7 aromatic carbocycles. The normalized spacial score (nSPS) is 22.0. The third-order valence-electron chi connectivity index (χ3n) is 22.0. The van der Waals surface area contributed by atoms with Crippen LogP contribution in [0.2, 0.25) is 0 Å². The zero-order valence-electron chi connectivity index (χ0n) is 67.1. The first kappa shape index (κ1) is 90.6. The lowest BCUT2D eigenvalue weighted by atomic mass is 9.63. The Kier molecular flexibility index (Phi) is 41.6. The van der Waals surface area contributed by atoms with Crippen molar-refractivity contribution in [2.24, 2.45) is 28.1 Å². The Morgan fingerprint density at radius 3 is 1.25 bits per heavy atom. The summed E-state index contributed by atoms with van der Waals surface area (Å²) < 4.78 is 90.6. The summed E-state index contributed by atoms with van der Waals surface area (Å²) in [5.74, 6) is 0.977. The number of aliphatic hydroxyl groups is 1. The predicted octanol–water partition coefficient (Wildman–Crippen LogP) is 20.0. The highest BCUT2D eigenvalue weighted by atomic mass is 19.1. The van der Waals surface area contributed by atoms with Crippen LogP contribution in [0.4, 0.5) is 8.78 Å². The van der Waals surface area contributed by atoms with Gasteiger partial charge in [-0.2, -0.15) is 0 Å². The molecule has 7 aromatic rings. The van der Waals surface area contributed by atoms with Crippen molar-refractivity contribution >= 4 is 11.9 Å². The van der Waals surface area contributed by atoms with E-state index >= 15 is 0 Å². The second-order valence-corrected chi connectivity index (χ2v) is 29.7. The van der Waals surface area contributed by atoms with Crippen LogP contribution in [0.15, 0.2) is 248 Å². The summed E-state index contributed by atoms with van der Waals surface area (Å²) in [6.45, 7) is 17.7. The van der Waals surface area contributed by atoms with E-state index in [4.69, 9.17) is 62.2 Å². The molecule has 3 saturated carbocycles. The number of methoxy groups -OCH3 is 4. The molecule has 5 fully saturated rings. The van der Waals surface area contributed by atoms with E-state index in [1.165, 1.54) is 34.2 Å². The van der Waals surface area contributed by atoms with Gasteiger partial charge in [-0.05, 0) is 166 Å². The number of aliphatic hydroxyl groups excluding tert-OH is 1. The molecule has 0 aromatic heterocycles. The number of nitrogens with zero attached hydrogens (tertiary/aromatic N) is 2. The summed E-state index contributed by atoms with van der Waals surface area (Å²) in [4.78, 5) is 5.14. The Morgan fingerprint density at radius 1 is 0.469 bits per heavy atom. The van der Waals surface area contributed by atoms with Crippen molar-refractivity contribution in [2.45, 2.75) is 209 Å². The molecule has 16 nitrogen and oxygen atoms in total. The quantitative estimate of drug-likeness (QED) is 0.0125. The van der Waals surface area contributed by atoms with Gasteiger partial charge in [0, 0.05) is 64.2 Å². The number of hydrogen-bond acceptors (Lipinski definition) is 16. The average molecular weight is 1560 g/mol. The minimum atomic E-state index is -0.324. The summed E-state index contributed by atoms with van der Waals surface area (Å²) in [5, 5.41) is 24.7. The zero-order chi connectivity index (χ0) is 80.0. The van der Waals surface area contributed by atoms with E-state index in [9.17, 15) is 13.9 Å². The van der Waals surface area contributed by atoms with E-state index in [0.717, 1.165) is 113 Å². The number of halogens is 2. The largest absolute Gasteiger partial charge is 0.411 e. The molecule has 2 saturated heterocycles. The van der Waals surface area contributed by atoms with Gasteiger partial charge in [0.2, 0.25) is 0 Å². The van der Waals surface area contributed by atoms with Crippen LogP contribution in [0.5, 0.6) is 0 Å². The lowest BCUT2D eigenvalue weighted by molar-refractivity contribution is -0.113. The van der Waals surface area contributed by atoms with E-state index in [0.29, 0.717) is 109 Å². The molecule has 0 amide bonds. The van der Waals surface area contributed by atoms with Crippen molar-refractivity contribution in [3.8, 4) is 0 Å². The predicted molar refractivity (Wildman–Crippen MR) is 442 cm³/mol. The van der Waals surface area contributed by atoms with Gasteiger partial charge in [-0.1, -0.05) is 211 Å². The van der Waals surface area contributed by atoms with Crippen molar-refractivity contribution in [1.29, 1.82) is 0 Å². The molecule has 3 aliphatic carbocycles. The lowest BCUT2D eigenvalue weighted by Gasteiger charge is -2.41. The summed E-state index contributed by atoms with van der Waals surface area (Å²) in [7, 11) is 6.49. The highest BCUT2D eigenvalue weighted by Crippen LogP contribution is 2.51. The summed E-state index contributed by atoms with van der Waals surface area (Å²) in [5.41, 5.74) is 8.55. The number of rotatable bonds is 36. The molecule has 0 radical (unpaired) electrons. The molecular weight excluding hydrogens is 1430 g/mol. The van der Waals surface area contributed by atoms with Crippen LogP contribution in [-0.4, -0.2) is 133 Å². The molecular formula is C95H124F2N2O14. The molecule has 2 N–H and O–H groups in total. The summed E-state index contributed by atoms with van der Waals surface area (Å²) in [6, 6.07) is 65.5. The smallest absolute Gasteiger partial charge is 0.156 e. The van der Waals surface area contributed by atoms with E-state index in [-0.39, 0.29) is 65.6 Å². The molecule has 7 unspecified atom stereocenters. The van der Waals surface area contributed by atoms with Gasteiger partial charge in [0.05, 0.1) is 102 Å². The monoisotopic (exact) mass is 1550 g/mol. The van der Waals surface area contributed by atoms with Crippen molar-refractivity contribution in [2.75, 3.05) is 61.5 Å². The van der Waals surface area contributed by atoms with Crippen LogP contribution in [0, 0.1) is 29.4 Å². The lowest BCUT2D eigenvalue weighted by Crippen LogP contribution is -2.42. The molecule has 612 valence electrons. The third-order valence-corrected chi connectivity index (χ3v) is 22.0. The van der Waals surface area contributed by atoms with E-state index in [1.807, 2.05) is 127 Å². The van der Waals surface area contributed by atoms with Crippen LogP contribution < -0.4 is 0 Å². The van der Waals surface area contributed by atoms with Gasteiger partial charge in [0.1, 0.15) is 18.2 Å². The number of benzene rings is 7. The zero-order valence-corrected chi connectivity index (χ0v) is 67.1. The first-order chi connectivity index (χ1) is 55.4. The van der Waals surface area contributed by atoms with Crippen LogP contribution in [0.1, 0.15) is 155 Å². The second-order valence-electron chi connectivity index (χ2n) is 29.7. The fourth-order valence-corrected chi connectivity index (χ4v) is 15.6. The Bertz CT molecular complexity index is 3640. The fourth-order valence-electron chi connectivity index (χ4n) is 15.6. The van der Waals surface area contributed by atoms with Crippen LogP contribution >= 0.6 is 0 Å². The molecule has 3 aliphatic heterocycles. The standard InChI is InChI=1S/2C21H23FO2.C16H24O3.C14H17NO2.C14H19NO2.C9H18O3/c2*22-20-9-5-4-8-19(20)21-11-10-18(12-17(21)14-23-15-21)24-13-16-6-2-1-3-7-16;1-4-8-15(11-12-16(17-2)18-3)19-13-14-9-6-5-7-10-14;1-2-4-11(5-3-1)9-16-13-6-7-14-12(8-13)10-17-15-14;1-2-7-14(10-6-11-15-16)17-12-13-8-4-3-5-9-13;1-4-5-8(10)6-7-9(11-2)12-3/h2*1-9,17-18H,10-15H2;4-7,9-10,15-16H,1,8,11-13H2,2-3H3;1-5,12-13H,6-10H2;2-5,8-9,11,14,16H,1,6-7,10,12H2;4,8-10H,1,5-7H2,2-3H3/t2*17-,18?,21-;;;;/m00..../s1. The van der Waals surface area contributed by atoms with Crippen molar-refractivity contribution in [1.82, 2.24) is 0 Å². The third kappa shape index (κ3) is 30.7. The fraction of sp³-hybridized carbons (Fsp3) is 0.474. The van der Waals surface area contributed by atoms with Gasteiger partial charge in [-0.15, -0.1) is 24.9 Å². The maximum absolute atomic E-state index is 14.4. The molecule has 6 aliphatic rings. The van der Waals surface area contributed by atoms with Crippen molar-refractivity contribution in [3.05, 3.63) is 289 Å². The minimum absolute atomic E-state index is 0.100. The van der Waals surface area contributed by atoms with Crippen LogP contribution in [0.3, 0.4) is 0 Å². The SMILES string of the molecule is C=CCC(CCC(OC)OC)OCc1ccccc1.C=CCC(CCC=NO)OCc1ccccc1.C=CCC(O)CCC(OC)OC.Fc1ccccc1[C@]12CCC(OCc3ccccc3)C[C@H]1COC2.Fc1ccccc1[C@]12CCC(OCc3ccccc3)C[C@H]1COC2.c1ccc(COC2CCC3=NOCC3C2)cc1. The molecule has 18 heteroatoms. The summed E-state index contributed by atoms with van der Waals surface area (Å²) in [6.07, 6.45) is 23.1. The average Bonchev–Trinajstić information content (AvgIpc) is 1.66. The number of fused-ring (bicyclic) bond motifs is 3. The number of ether oxygens (including phenoxy) is 11. The Labute approximate surface area is 671 Å². The molecule has 113 heavy (non-hydrogen) atoms. The van der Waals surface area contributed by atoms with Gasteiger partial charge in [0.25, 0.3) is 0 Å². The highest BCUT2D eigenvalue weighted by Gasteiger charge is 2.51. The first-order valence-corrected chi connectivity index (χ1v) is 40.3. The Hall–Kier alpha value is -7.92. The number of hydrogen-bond donors (Lipinski definition) is 2. The van der Waals surface area contributed by atoms with E-state index in [1.54, 1.807) is 58.8 Å². The topological polar surface area (TPSA) is 176 Å².